The lowest BCUT2D eigenvalue weighted by Crippen LogP contribution is -2.59. The predicted octanol–water partition coefficient (Wildman–Crippen LogP) is 1.00. The maximum absolute atomic E-state index is 14.2. The third kappa shape index (κ3) is 5.87. The molecular weight excluding hydrogens is 612 g/mol. The van der Waals surface area contributed by atoms with Crippen molar-refractivity contribution in [1.82, 2.24) is 24.9 Å². The summed E-state index contributed by atoms with van der Waals surface area (Å²) in [5.74, 6) is -2.29. The minimum Gasteiger partial charge on any atom is -0.368 e. The molecule has 12 nitrogen and oxygen atoms in total. The van der Waals surface area contributed by atoms with Crippen LogP contribution < -0.4 is 11.1 Å². The van der Waals surface area contributed by atoms with E-state index in [1.54, 1.807) is 32.9 Å². The summed E-state index contributed by atoms with van der Waals surface area (Å²) in [6.45, 7) is 2.44. The SMILES string of the molecule is CC(=O)N[C@@H](Cc1ccccc1Cl)C(=O)N1CCC[C@H]1C(=O)N1CCC[C@H]1C(=O)N1CC[C@@H]2C=C[C@H]3CC[C@@H](C(N)=O)N3C(=O)[C@H]21. The number of benzene rings is 1. The lowest BCUT2D eigenvalue weighted by Gasteiger charge is -2.36. The van der Waals surface area contributed by atoms with Gasteiger partial charge >= 0.3 is 0 Å². The Balaban J connectivity index is 1.19. The van der Waals surface area contributed by atoms with E-state index in [2.05, 4.69) is 5.32 Å². The summed E-state index contributed by atoms with van der Waals surface area (Å²) in [4.78, 5) is 86.6. The van der Waals surface area contributed by atoms with Gasteiger partial charge in [0.05, 0.1) is 6.04 Å². The molecule has 6 amide bonds. The highest BCUT2D eigenvalue weighted by Crippen LogP contribution is 2.37. The van der Waals surface area contributed by atoms with Crippen molar-refractivity contribution in [3.63, 3.8) is 0 Å². The van der Waals surface area contributed by atoms with Crippen molar-refractivity contribution in [2.24, 2.45) is 11.7 Å². The maximum Gasteiger partial charge on any atom is 0.247 e. The number of halogens is 1. The summed E-state index contributed by atoms with van der Waals surface area (Å²) >= 11 is 6.36. The summed E-state index contributed by atoms with van der Waals surface area (Å²) in [5, 5.41) is 3.22. The van der Waals surface area contributed by atoms with Crippen LogP contribution in [0.25, 0.3) is 0 Å². The van der Waals surface area contributed by atoms with E-state index in [1.165, 1.54) is 11.8 Å². The number of carbonyl (C=O) groups is 6. The van der Waals surface area contributed by atoms with E-state index in [4.69, 9.17) is 17.3 Å². The van der Waals surface area contributed by atoms with E-state index in [-0.39, 0.29) is 47.9 Å². The Labute approximate surface area is 273 Å². The normalized spacial score (nSPS) is 29.4. The van der Waals surface area contributed by atoms with Gasteiger partial charge in [0.15, 0.2) is 0 Å². The number of primary amides is 1. The van der Waals surface area contributed by atoms with Crippen molar-refractivity contribution in [2.75, 3.05) is 19.6 Å². The van der Waals surface area contributed by atoms with Crippen molar-refractivity contribution >= 4 is 47.0 Å². The summed E-state index contributed by atoms with van der Waals surface area (Å²) in [6, 6.07) is 3.02. The van der Waals surface area contributed by atoms with Gasteiger partial charge in [-0.15, -0.1) is 0 Å². The minimum absolute atomic E-state index is 0.173. The molecule has 5 heterocycles. The van der Waals surface area contributed by atoms with Crippen molar-refractivity contribution in [1.29, 1.82) is 0 Å². The van der Waals surface area contributed by atoms with Gasteiger partial charge in [-0.1, -0.05) is 42.0 Å². The van der Waals surface area contributed by atoms with Gasteiger partial charge in [0, 0.05) is 43.9 Å². The fourth-order valence-electron chi connectivity index (χ4n) is 8.12. The Kier molecular flexibility index (Phi) is 9.09. The first kappa shape index (κ1) is 32.0. The van der Waals surface area contributed by atoms with Gasteiger partial charge in [0.25, 0.3) is 0 Å². The van der Waals surface area contributed by atoms with Crippen molar-refractivity contribution in [3.05, 3.63) is 47.0 Å². The summed E-state index contributed by atoms with van der Waals surface area (Å²) in [5.41, 5.74) is 6.35. The molecule has 1 aromatic carbocycles. The molecule has 0 saturated carbocycles. The van der Waals surface area contributed by atoms with E-state index >= 15 is 0 Å². The molecule has 13 heteroatoms. The lowest BCUT2D eigenvalue weighted by molar-refractivity contribution is -0.153. The molecule has 4 fully saturated rings. The van der Waals surface area contributed by atoms with Crippen molar-refractivity contribution in [3.8, 4) is 0 Å². The van der Waals surface area contributed by atoms with Gasteiger partial charge in [-0.25, -0.2) is 0 Å². The van der Waals surface area contributed by atoms with Gasteiger partial charge in [-0.05, 0) is 56.6 Å². The minimum atomic E-state index is -0.906. The Hall–Kier alpha value is -3.93. The third-order valence-electron chi connectivity index (χ3n) is 10.3. The number of amides is 6. The predicted molar refractivity (Wildman–Crippen MR) is 168 cm³/mol. The molecule has 46 heavy (non-hydrogen) atoms. The molecule has 5 aliphatic rings. The highest BCUT2D eigenvalue weighted by Gasteiger charge is 2.52. The second-order valence-corrected chi connectivity index (χ2v) is 13.5. The fraction of sp³-hybridized carbons (Fsp3) is 0.576. The first-order valence-corrected chi connectivity index (χ1v) is 16.7. The molecule has 7 atom stereocenters. The monoisotopic (exact) mass is 652 g/mol. The van der Waals surface area contributed by atoms with Gasteiger partial charge in [-0.2, -0.15) is 0 Å². The average Bonchev–Trinajstić information content (AvgIpc) is 3.84. The Morgan fingerprint density at radius 1 is 0.870 bits per heavy atom. The Bertz CT molecular complexity index is 1470. The van der Waals surface area contributed by atoms with Gasteiger partial charge in [0.2, 0.25) is 35.4 Å². The van der Waals surface area contributed by atoms with Crippen molar-refractivity contribution < 1.29 is 28.8 Å². The van der Waals surface area contributed by atoms with E-state index in [0.29, 0.717) is 75.2 Å². The van der Waals surface area contributed by atoms with Crippen LogP contribution in [0.2, 0.25) is 5.02 Å². The van der Waals surface area contributed by atoms with E-state index < -0.39 is 36.1 Å². The molecule has 3 N–H and O–H groups in total. The topological polar surface area (TPSA) is 153 Å². The first-order chi connectivity index (χ1) is 22.1. The van der Waals surface area contributed by atoms with Crippen LogP contribution in [0.5, 0.6) is 0 Å². The molecule has 0 radical (unpaired) electrons. The third-order valence-corrected chi connectivity index (χ3v) is 10.6. The molecular formula is C33H41ClN6O6. The van der Waals surface area contributed by atoms with Crippen LogP contribution >= 0.6 is 11.6 Å². The van der Waals surface area contributed by atoms with Crippen LogP contribution in [0, 0.1) is 5.92 Å². The largest absolute Gasteiger partial charge is 0.368 e. The van der Waals surface area contributed by atoms with Crippen LogP contribution in [0.1, 0.15) is 57.4 Å². The molecule has 5 aliphatic heterocycles. The van der Waals surface area contributed by atoms with E-state index in [1.807, 2.05) is 18.2 Å². The Morgan fingerprint density at radius 2 is 1.54 bits per heavy atom. The second-order valence-electron chi connectivity index (χ2n) is 13.1. The van der Waals surface area contributed by atoms with Crippen LogP contribution in [-0.4, -0.2) is 111 Å². The zero-order valence-corrected chi connectivity index (χ0v) is 26.7. The summed E-state index contributed by atoms with van der Waals surface area (Å²) in [7, 11) is 0. The number of likely N-dealkylation sites (tertiary alicyclic amines) is 3. The quantitative estimate of drug-likeness (QED) is 0.419. The number of nitrogens with two attached hydrogens (primary N) is 1. The first-order valence-electron chi connectivity index (χ1n) is 16.3. The molecule has 246 valence electrons. The fourth-order valence-corrected chi connectivity index (χ4v) is 8.33. The lowest BCUT2D eigenvalue weighted by atomic mass is 9.98. The number of hydrogen-bond acceptors (Lipinski definition) is 6. The van der Waals surface area contributed by atoms with E-state index in [9.17, 15) is 28.8 Å². The molecule has 1 aromatic rings. The number of carbonyl (C=O) groups excluding carboxylic acids is 6. The molecule has 0 aromatic heterocycles. The number of rotatable bonds is 7. The average molecular weight is 653 g/mol. The highest BCUT2D eigenvalue weighted by atomic mass is 35.5. The Morgan fingerprint density at radius 3 is 2.24 bits per heavy atom. The van der Waals surface area contributed by atoms with Gasteiger partial charge in [0.1, 0.15) is 30.2 Å². The summed E-state index contributed by atoms with van der Waals surface area (Å²) < 4.78 is 0. The molecule has 0 unspecified atom stereocenters. The molecule has 0 aliphatic carbocycles. The van der Waals surface area contributed by atoms with E-state index in [0.717, 1.165) is 0 Å². The molecule has 0 spiro atoms. The van der Waals surface area contributed by atoms with Gasteiger partial charge in [-0.3, -0.25) is 28.8 Å². The van der Waals surface area contributed by atoms with Crippen LogP contribution in [0.4, 0.5) is 0 Å². The zero-order valence-electron chi connectivity index (χ0n) is 26.0. The zero-order chi connectivity index (χ0) is 32.7. The summed E-state index contributed by atoms with van der Waals surface area (Å²) in [6.07, 6.45) is 8.03. The van der Waals surface area contributed by atoms with Crippen LogP contribution in [0.15, 0.2) is 36.4 Å². The second kappa shape index (κ2) is 13.1. The highest BCUT2D eigenvalue weighted by molar-refractivity contribution is 6.31. The number of nitrogens with zero attached hydrogens (tertiary/aromatic N) is 4. The standard InChI is InChI=1S/C33H41ClN6O6/c1-19(41)36-24(18-21-6-2-3-7-23(21)34)30(43)37-15-4-8-26(37)31(44)38-16-5-9-27(38)32(45)39-17-14-20-10-11-22-12-13-25(29(35)42)40(22)33(46)28(20)39/h2-3,6-7,10-11,20,22,24-28H,4-5,8-9,12-18H2,1H3,(H2,35,42)(H,36,41)/t20-,22-,24-,25-,26-,27-,28-/m0/s1. The maximum atomic E-state index is 14.2. The number of nitrogens with one attached hydrogen (secondary N) is 1. The molecule has 0 bridgehead atoms. The van der Waals surface area contributed by atoms with Crippen LogP contribution in [0.3, 0.4) is 0 Å². The van der Waals surface area contributed by atoms with Crippen LogP contribution in [-0.2, 0) is 35.2 Å². The van der Waals surface area contributed by atoms with Crippen molar-refractivity contribution in [2.45, 2.75) is 94.5 Å². The number of hydrogen-bond donors (Lipinski definition) is 2. The molecule has 6 rings (SSSR count). The van der Waals surface area contributed by atoms with Gasteiger partial charge < -0.3 is 30.7 Å². The smallest absolute Gasteiger partial charge is 0.247 e. The number of fused-ring (bicyclic) bond motifs is 2. The molecule has 4 saturated heterocycles.